The van der Waals surface area contributed by atoms with Crippen molar-refractivity contribution in [3.63, 3.8) is 0 Å². The molecule has 0 spiro atoms. The van der Waals surface area contributed by atoms with Crippen LogP contribution in [0.15, 0.2) is 59.5 Å². The maximum absolute atomic E-state index is 13.0. The monoisotopic (exact) mass is 366 g/mol. The molecule has 26 heavy (non-hydrogen) atoms. The van der Waals surface area contributed by atoms with Gasteiger partial charge in [-0.2, -0.15) is 0 Å². The van der Waals surface area contributed by atoms with E-state index in [9.17, 15) is 13.2 Å². The van der Waals surface area contributed by atoms with E-state index < -0.39 is 9.84 Å². The topological polar surface area (TPSA) is 76.1 Å². The molecule has 0 aliphatic carbocycles. The van der Waals surface area contributed by atoms with E-state index in [4.69, 9.17) is 0 Å². The molecule has 0 saturated heterocycles. The van der Waals surface area contributed by atoms with Crippen LogP contribution in [0.2, 0.25) is 0 Å². The molecule has 1 N–H and O–H groups in total. The number of hydrogen-bond donors (Lipinski definition) is 1. The van der Waals surface area contributed by atoms with E-state index in [1.165, 1.54) is 0 Å². The number of para-hydroxylation sites is 1. The molecular formula is C20H18N2O3S. The number of benzene rings is 2. The Balaban J connectivity index is 1.72. The second kappa shape index (κ2) is 6.21. The summed E-state index contributed by atoms with van der Waals surface area (Å²) < 4.78 is 24.5. The summed E-state index contributed by atoms with van der Waals surface area (Å²) in [6, 6.07) is 15.8. The van der Waals surface area contributed by atoms with Crippen molar-refractivity contribution in [1.82, 2.24) is 10.3 Å². The predicted molar refractivity (Wildman–Crippen MR) is 99.8 cm³/mol. The molecule has 1 amide bonds. The zero-order valence-electron chi connectivity index (χ0n) is 14.3. The van der Waals surface area contributed by atoms with Crippen molar-refractivity contribution in [1.29, 1.82) is 0 Å². The highest BCUT2D eigenvalue weighted by atomic mass is 32.2. The summed E-state index contributed by atoms with van der Waals surface area (Å²) in [5.74, 6) is -0.184. The van der Waals surface area contributed by atoms with Crippen LogP contribution in [-0.4, -0.2) is 25.1 Å². The van der Waals surface area contributed by atoms with Gasteiger partial charge >= 0.3 is 0 Å². The summed E-state index contributed by atoms with van der Waals surface area (Å²) in [4.78, 5) is 17.7. The molecule has 1 aliphatic rings. The third kappa shape index (κ3) is 2.86. The van der Waals surface area contributed by atoms with Crippen molar-refractivity contribution >= 4 is 26.6 Å². The molecule has 0 fully saturated rings. The number of nitrogens with zero attached hydrogens (tertiary/aromatic N) is 1. The number of carbonyl (C=O) groups is 1. The maximum Gasteiger partial charge on any atom is 0.252 e. The van der Waals surface area contributed by atoms with Crippen LogP contribution < -0.4 is 5.32 Å². The molecule has 2 heterocycles. The Morgan fingerprint density at radius 2 is 1.85 bits per heavy atom. The first-order valence-electron chi connectivity index (χ1n) is 8.45. The van der Waals surface area contributed by atoms with Gasteiger partial charge in [0, 0.05) is 11.1 Å². The number of sulfone groups is 1. The molecule has 4 rings (SSSR count). The molecule has 1 atom stereocenters. The first kappa shape index (κ1) is 16.7. The van der Waals surface area contributed by atoms with Crippen molar-refractivity contribution in [2.75, 3.05) is 5.75 Å². The predicted octanol–water partition coefficient (Wildman–Crippen LogP) is 3.19. The second-order valence-electron chi connectivity index (χ2n) is 6.50. The first-order chi connectivity index (χ1) is 12.5. The molecule has 5 nitrogen and oxygen atoms in total. The Kier molecular flexibility index (Phi) is 4.00. The molecule has 0 saturated carbocycles. The lowest BCUT2D eigenvalue weighted by Gasteiger charge is -2.26. The highest BCUT2D eigenvalue weighted by Gasteiger charge is 2.31. The van der Waals surface area contributed by atoms with Crippen molar-refractivity contribution < 1.29 is 13.2 Å². The lowest BCUT2D eigenvalue weighted by Crippen LogP contribution is -2.34. The average molecular weight is 366 g/mol. The van der Waals surface area contributed by atoms with Gasteiger partial charge in [0.25, 0.3) is 5.91 Å². The highest BCUT2D eigenvalue weighted by Crippen LogP contribution is 2.32. The molecule has 3 aromatic rings. The molecule has 0 unspecified atom stereocenters. The maximum atomic E-state index is 13.0. The largest absolute Gasteiger partial charge is 0.345 e. The summed E-state index contributed by atoms with van der Waals surface area (Å²) in [6.07, 6.45) is 0.368. The van der Waals surface area contributed by atoms with Gasteiger partial charge in [0.1, 0.15) is 0 Å². The number of rotatable bonds is 2. The minimum atomic E-state index is -3.28. The fourth-order valence-electron chi connectivity index (χ4n) is 3.47. The normalized spacial score (nSPS) is 18.3. The highest BCUT2D eigenvalue weighted by molar-refractivity contribution is 7.91. The van der Waals surface area contributed by atoms with Crippen LogP contribution in [0.5, 0.6) is 0 Å². The van der Waals surface area contributed by atoms with Crippen LogP contribution in [0.4, 0.5) is 0 Å². The van der Waals surface area contributed by atoms with Gasteiger partial charge in [-0.25, -0.2) is 8.42 Å². The van der Waals surface area contributed by atoms with Gasteiger partial charge in [0.15, 0.2) is 9.84 Å². The number of amides is 1. The SMILES string of the molecule is Cc1cc(C(=O)N[C@@H]2CCS(=O)(=O)c3ccccc32)c2ccccc2n1. The molecule has 6 heteroatoms. The van der Waals surface area contributed by atoms with Gasteiger partial charge in [0.2, 0.25) is 0 Å². The lowest BCUT2D eigenvalue weighted by atomic mass is 10.0. The molecule has 132 valence electrons. The fraction of sp³-hybridized carbons (Fsp3) is 0.200. The third-order valence-corrected chi connectivity index (χ3v) is 6.51. The molecule has 0 bridgehead atoms. The Hall–Kier alpha value is -2.73. The number of aromatic nitrogens is 1. The quantitative estimate of drug-likeness (QED) is 0.756. The van der Waals surface area contributed by atoms with Gasteiger partial charge in [-0.3, -0.25) is 9.78 Å². The van der Waals surface area contributed by atoms with Crippen molar-refractivity contribution in [2.45, 2.75) is 24.3 Å². The molecule has 0 radical (unpaired) electrons. The van der Waals surface area contributed by atoms with Crippen LogP contribution in [0.3, 0.4) is 0 Å². The summed E-state index contributed by atoms with van der Waals surface area (Å²) in [6.45, 7) is 1.85. The molecular weight excluding hydrogens is 348 g/mol. The van der Waals surface area contributed by atoms with Gasteiger partial charge in [-0.05, 0) is 37.1 Å². The van der Waals surface area contributed by atoms with Crippen molar-refractivity contribution in [3.8, 4) is 0 Å². The Labute approximate surface area is 152 Å². The first-order valence-corrected chi connectivity index (χ1v) is 10.1. The lowest BCUT2D eigenvalue weighted by molar-refractivity contribution is 0.0936. The van der Waals surface area contributed by atoms with E-state index in [-0.39, 0.29) is 17.7 Å². The third-order valence-electron chi connectivity index (χ3n) is 4.70. The number of aryl methyl sites for hydroxylation is 1. The van der Waals surface area contributed by atoms with E-state index in [1.807, 2.05) is 31.2 Å². The number of hydrogen-bond acceptors (Lipinski definition) is 4. The van der Waals surface area contributed by atoms with E-state index >= 15 is 0 Å². The van der Waals surface area contributed by atoms with Gasteiger partial charge in [-0.1, -0.05) is 36.4 Å². The summed E-state index contributed by atoms with van der Waals surface area (Å²) in [5.41, 5.74) is 2.74. The smallest absolute Gasteiger partial charge is 0.252 e. The van der Waals surface area contributed by atoms with Gasteiger partial charge in [-0.15, -0.1) is 0 Å². The van der Waals surface area contributed by atoms with E-state index in [0.717, 1.165) is 16.6 Å². The van der Waals surface area contributed by atoms with Crippen LogP contribution in [0, 0.1) is 6.92 Å². The zero-order chi connectivity index (χ0) is 18.3. The molecule has 1 aromatic heterocycles. The molecule has 2 aromatic carbocycles. The minimum absolute atomic E-state index is 0.0328. The zero-order valence-corrected chi connectivity index (χ0v) is 15.1. The number of nitrogens with one attached hydrogen (secondary N) is 1. The van der Waals surface area contributed by atoms with E-state index in [2.05, 4.69) is 10.3 Å². The van der Waals surface area contributed by atoms with Crippen LogP contribution >= 0.6 is 0 Å². The van der Waals surface area contributed by atoms with Crippen LogP contribution in [-0.2, 0) is 9.84 Å². The van der Waals surface area contributed by atoms with Crippen LogP contribution in [0.25, 0.3) is 10.9 Å². The minimum Gasteiger partial charge on any atom is -0.345 e. The number of carbonyl (C=O) groups excluding carboxylic acids is 1. The second-order valence-corrected chi connectivity index (χ2v) is 8.58. The van der Waals surface area contributed by atoms with Gasteiger partial charge in [0.05, 0.1) is 27.8 Å². The Bertz CT molecular complexity index is 1120. The fourth-order valence-corrected chi connectivity index (χ4v) is 5.09. The van der Waals surface area contributed by atoms with Crippen LogP contribution in [0.1, 0.15) is 34.1 Å². The Morgan fingerprint density at radius 1 is 1.12 bits per heavy atom. The summed E-state index contributed by atoms with van der Waals surface area (Å²) in [7, 11) is -3.28. The average Bonchev–Trinajstić information content (AvgIpc) is 2.63. The van der Waals surface area contributed by atoms with Crippen molar-refractivity contribution in [3.05, 3.63) is 71.4 Å². The van der Waals surface area contributed by atoms with E-state index in [0.29, 0.717) is 22.4 Å². The number of pyridine rings is 1. The summed E-state index contributed by atoms with van der Waals surface area (Å²) >= 11 is 0. The van der Waals surface area contributed by atoms with Gasteiger partial charge < -0.3 is 5.32 Å². The van der Waals surface area contributed by atoms with E-state index in [1.54, 1.807) is 30.3 Å². The Morgan fingerprint density at radius 3 is 2.69 bits per heavy atom. The molecule has 1 aliphatic heterocycles. The standard InChI is InChI=1S/C20H18N2O3S/c1-13-12-16(14-6-2-4-8-17(14)21-13)20(23)22-18-10-11-26(24,25)19-9-5-3-7-15(18)19/h2-9,12,18H,10-11H2,1H3,(H,22,23)/t18-/m1/s1. The number of fused-ring (bicyclic) bond motifs is 2. The summed E-state index contributed by atoms with van der Waals surface area (Å²) in [5, 5.41) is 3.80. The van der Waals surface area contributed by atoms with Crippen molar-refractivity contribution in [2.24, 2.45) is 0 Å².